The van der Waals surface area contributed by atoms with E-state index in [9.17, 15) is 9.59 Å². The summed E-state index contributed by atoms with van der Waals surface area (Å²) in [5, 5.41) is 11.4. The van der Waals surface area contributed by atoms with Crippen molar-refractivity contribution in [3.63, 3.8) is 0 Å². The summed E-state index contributed by atoms with van der Waals surface area (Å²) in [4.78, 5) is 23.6. The van der Waals surface area contributed by atoms with E-state index in [4.69, 9.17) is 9.84 Å². The SMILES string of the molecule is CCCN(CC(=O)O)C(=O)NCC1CCCO1. The first-order chi connectivity index (χ1) is 8.13. The van der Waals surface area contributed by atoms with E-state index in [0.717, 1.165) is 25.9 Å². The standard InChI is InChI=1S/C11H20N2O4/c1-2-5-13(8-10(14)15)11(16)12-7-9-4-3-6-17-9/h9H,2-8H2,1H3,(H,12,16)(H,14,15). The molecule has 0 bridgehead atoms. The lowest BCUT2D eigenvalue weighted by Crippen LogP contribution is -2.45. The van der Waals surface area contributed by atoms with Crippen LogP contribution in [0, 0.1) is 0 Å². The van der Waals surface area contributed by atoms with Crippen molar-refractivity contribution in [1.82, 2.24) is 10.2 Å². The molecule has 1 atom stereocenters. The van der Waals surface area contributed by atoms with Crippen LogP contribution in [0.15, 0.2) is 0 Å². The molecule has 1 unspecified atom stereocenters. The second-order valence-electron chi connectivity index (χ2n) is 4.14. The maximum atomic E-state index is 11.7. The Morgan fingerprint density at radius 1 is 1.53 bits per heavy atom. The van der Waals surface area contributed by atoms with Gasteiger partial charge in [0.1, 0.15) is 6.54 Å². The highest BCUT2D eigenvalue weighted by Crippen LogP contribution is 2.10. The van der Waals surface area contributed by atoms with Crippen LogP contribution in [0.5, 0.6) is 0 Å². The lowest BCUT2D eigenvalue weighted by atomic mass is 10.2. The summed E-state index contributed by atoms with van der Waals surface area (Å²) in [6, 6.07) is -0.329. The maximum Gasteiger partial charge on any atom is 0.323 e. The van der Waals surface area contributed by atoms with Gasteiger partial charge in [-0.2, -0.15) is 0 Å². The van der Waals surface area contributed by atoms with Gasteiger partial charge in [0, 0.05) is 19.7 Å². The molecule has 1 aliphatic heterocycles. The number of aliphatic carboxylic acids is 1. The Morgan fingerprint density at radius 3 is 2.82 bits per heavy atom. The number of nitrogens with zero attached hydrogens (tertiary/aromatic N) is 1. The van der Waals surface area contributed by atoms with Gasteiger partial charge in [-0.05, 0) is 19.3 Å². The van der Waals surface area contributed by atoms with E-state index < -0.39 is 5.97 Å². The Balaban J connectivity index is 2.32. The fourth-order valence-electron chi connectivity index (χ4n) is 1.80. The molecule has 0 aliphatic carbocycles. The Hall–Kier alpha value is -1.30. The number of carboxylic acids is 1. The summed E-state index contributed by atoms with van der Waals surface area (Å²) in [5.41, 5.74) is 0. The molecule has 1 aliphatic rings. The molecule has 1 heterocycles. The highest BCUT2D eigenvalue weighted by Gasteiger charge is 2.19. The molecule has 2 N–H and O–H groups in total. The van der Waals surface area contributed by atoms with E-state index in [2.05, 4.69) is 5.32 Å². The predicted molar refractivity (Wildman–Crippen MR) is 61.9 cm³/mol. The molecule has 1 fully saturated rings. The average molecular weight is 244 g/mol. The van der Waals surface area contributed by atoms with Crippen LogP contribution < -0.4 is 5.32 Å². The zero-order chi connectivity index (χ0) is 12.7. The lowest BCUT2D eigenvalue weighted by Gasteiger charge is -2.21. The lowest BCUT2D eigenvalue weighted by molar-refractivity contribution is -0.137. The number of carbonyl (C=O) groups is 2. The number of nitrogens with one attached hydrogen (secondary N) is 1. The van der Waals surface area contributed by atoms with Gasteiger partial charge in [-0.15, -0.1) is 0 Å². The minimum absolute atomic E-state index is 0.0762. The van der Waals surface area contributed by atoms with Gasteiger partial charge in [0.25, 0.3) is 0 Å². The Morgan fingerprint density at radius 2 is 2.29 bits per heavy atom. The highest BCUT2D eigenvalue weighted by molar-refractivity contribution is 5.80. The molecule has 0 radical (unpaired) electrons. The van der Waals surface area contributed by atoms with Gasteiger partial charge in [-0.1, -0.05) is 6.92 Å². The zero-order valence-corrected chi connectivity index (χ0v) is 10.1. The van der Waals surface area contributed by atoms with Gasteiger partial charge in [0.05, 0.1) is 6.10 Å². The van der Waals surface area contributed by atoms with Crippen molar-refractivity contribution in [3.8, 4) is 0 Å². The summed E-state index contributed by atoms with van der Waals surface area (Å²) in [7, 11) is 0. The van der Waals surface area contributed by atoms with Gasteiger partial charge in [-0.25, -0.2) is 4.79 Å². The molecular formula is C11H20N2O4. The topological polar surface area (TPSA) is 78.9 Å². The second kappa shape index (κ2) is 7.11. The number of urea groups is 1. The molecule has 0 saturated carbocycles. The van der Waals surface area contributed by atoms with Crippen LogP contribution in [-0.4, -0.2) is 54.4 Å². The quantitative estimate of drug-likeness (QED) is 0.720. The van der Waals surface area contributed by atoms with Crippen LogP contribution in [-0.2, 0) is 9.53 Å². The van der Waals surface area contributed by atoms with Crippen LogP contribution in [0.4, 0.5) is 4.79 Å². The van der Waals surface area contributed by atoms with Gasteiger partial charge in [-0.3, -0.25) is 4.79 Å². The molecule has 6 heteroatoms. The molecule has 17 heavy (non-hydrogen) atoms. The van der Waals surface area contributed by atoms with Crippen LogP contribution in [0.1, 0.15) is 26.2 Å². The average Bonchev–Trinajstić information content (AvgIpc) is 2.77. The van der Waals surface area contributed by atoms with E-state index in [1.165, 1.54) is 4.90 Å². The van der Waals surface area contributed by atoms with Gasteiger partial charge in [0.2, 0.25) is 0 Å². The minimum atomic E-state index is -0.995. The Labute approximate surface area is 101 Å². The first-order valence-corrected chi connectivity index (χ1v) is 5.99. The Kier molecular flexibility index (Phi) is 5.76. The molecule has 0 spiro atoms. The van der Waals surface area contributed by atoms with Crippen LogP contribution in [0.25, 0.3) is 0 Å². The van der Waals surface area contributed by atoms with Gasteiger partial charge < -0.3 is 20.1 Å². The molecule has 2 amide bonds. The molecule has 1 rings (SSSR count). The van der Waals surface area contributed by atoms with Gasteiger partial charge in [0.15, 0.2) is 0 Å². The third kappa shape index (κ3) is 5.04. The first kappa shape index (κ1) is 13.8. The van der Waals surface area contributed by atoms with E-state index in [1.54, 1.807) is 0 Å². The van der Waals surface area contributed by atoms with Crippen molar-refractivity contribution >= 4 is 12.0 Å². The minimum Gasteiger partial charge on any atom is -0.480 e. The molecule has 98 valence electrons. The predicted octanol–water partition coefficient (Wildman–Crippen LogP) is 0.672. The number of rotatable bonds is 6. The maximum absolute atomic E-state index is 11.7. The molecule has 6 nitrogen and oxygen atoms in total. The van der Waals surface area contributed by atoms with E-state index in [1.807, 2.05) is 6.92 Å². The van der Waals surface area contributed by atoms with Crippen LogP contribution >= 0.6 is 0 Å². The third-order valence-electron chi connectivity index (χ3n) is 2.61. The molecule has 0 aromatic rings. The van der Waals surface area contributed by atoms with Crippen molar-refractivity contribution in [3.05, 3.63) is 0 Å². The molecule has 1 saturated heterocycles. The third-order valence-corrected chi connectivity index (χ3v) is 2.61. The van der Waals surface area contributed by atoms with Crippen molar-refractivity contribution in [2.45, 2.75) is 32.3 Å². The van der Waals surface area contributed by atoms with E-state index >= 15 is 0 Å². The molecule has 0 aromatic carbocycles. The second-order valence-corrected chi connectivity index (χ2v) is 4.14. The van der Waals surface area contributed by atoms with Crippen molar-refractivity contribution in [2.75, 3.05) is 26.2 Å². The number of carboxylic acid groups (broad SMARTS) is 1. The Bertz CT molecular complexity index is 264. The number of ether oxygens (including phenoxy) is 1. The van der Waals surface area contributed by atoms with Crippen molar-refractivity contribution in [2.24, 2.45) is 0 Å². The number of hydrogen-bond acceptors (Lipinski definition) is 3. The largest absolute Gasteiger partial charge is 0.480 e. The fourth-order valence-corrected chi connectivity index (χ4v) is 1.80. The summed E-state index contributed by atoms with van der Waals surface area (Å²) in [6.07, 6.45) is 2.79. The normalized spacial score (nSPS) is 19.0. The number of carbonyl (C=O) groups excluding carboxylic acids is 1. The zero-order valence-electron chi connectivity index (χ0n) is 10.1. The van der Waals surface area contributed by atoms with Gasteiger partial charge >= 0.3 is 12.0 Å². The van der Waals surface area contributed by atoms with Crippen LogP contribution in [0.2, 0.25) is 0 Å². The smallest absolute Gasteiger partial charge is 0.323 e. The molecular weight excluding hydrogens is 224 g/mol. The fraction of sp³-hybridized carbons (Fsp3) is 0.818. The summed E-state index contributed by atoms with van der Waals surface area (Å²) >= 11 is 0. The van der Waals surface area contributed by atoms with Crippen LogP contribution in [0.3, 0.4) is 0 Å². The summed E-state index contributed by atoms with van der Waals surface area (Å²) in [6.45, 7) is 3.30. The monoisotopic (exact) mass is 244 g/mol. The summed E-state index contributed by atoms with van der Waals surface area (Å²) in [5.74, 6) is -0.995. The van der Waals surface area contributed by atoms with Crippen molar-refractivity contribution in [1.29, 1.82) is 0 Å². The highest BCUT2D eigenvalue weighted by atomic mass is 16.5. The number of hydrogen-bond donors (Lipinski definition) is 2. The summed E-state index contributed by atoms with van der Waals surface area (Å²) < 4.78 is 5.37. The van der Waals surface area contributed by atoms with Crippen molar-refractivity contribution < 1.29 is 19.4 Å². The molecule has 0 aromatic heterocycles. The first-order valence-electron chi connectivity index (χ1n) is 5.99. The number of amides is 2. The van der Waals surface area contributed by atoms with E-state index in [-0.39, 0.29) is 18.7 Å². The van der Waals surface area contributed by atoms with E-state index in [0.29, 0.717) is 13.1 Å².